The van der Waals surface area contributed by atoms with Crippen LogP contribution in [0.15, 0.2) is 46.5 Å². The maximum Gasteiger partial charge on any atom is 0.196 e. The van der Waals surface area contributed by atoms with Gasteiger partial charge in [-0.25, -0.2) is 8.78 Å². The largest absolute Gasteiger partial charge is 0.498 e. The second kappa shape index (κ2) is 15.3. The Morgan fingerprint density at radius 1 is 1.03 bits per heavy atom. The van der Waals surface area contributed by atoms with Crippen LogP contribution in [0, 0.1) is 5.92 Å². The molecule has 1 aliphatic heterocycles. The molecule has 1 heterocycles. The predicted octanol–water partition coefficient (Wildman–Crippen LogP) is 7.57. The van der Waals surface area contributed by atoms with Crippen molar-refractivity contribution in [2.45, 2.75) is 80.3 Å². The van der Waals surface area contributed by atoms with Gasteiger partial charge < -0.3 is 14.2 Å². The number of methoxy groups -OCH3 is 1. The second-order valence-electron chi connectivity index (χ2n) is 6.97. The molecule has 1 rings (SSSR count). The normalized spacial score (nSPS) is 22.1. The summed E-state index contributed by atoms with van der Waals surface area (Å²) in [6.07, 6.45) is 7.56. The minimum absolute atomic E-state index is 0.0682. The molecule has 1 saturated heterocycles. The second-order valence-corrected chi connectivity index (χ2v) is 6.97. The van der Waals surface area contributed by atoms with E-state index in [0.717, 1.165) is 31.6 Å². The van der Waals surface area contributed by atoms with E-state index in [0.29, 0.717) is 36.2 Å². The van der Waals surface area contributed by atoms with E-state index in [1.807, 2.05) is 20.8 Å². The standard InChI is InChI=1S/C22H34F2O3.C2H6/c1-7-19-12-11-18(14-27-19)13-26-16(4)10-9-15(3)20(8-2)22(24)21(23)17(5)25-6;1-2/h9-10,18-19H,7-8,11-14H2,1-6H3;1-2H3/b15-9+,16-10+,21-17-,22-20-;. The summed E-state index contributed by atoms with van der Waals surface area (Å²) >= 11 is 0. The number of hydrogen-bond donors (Lipinski definition) is 0. The first-order valence-electron chi connectivity index (χ1n) is 10.7. The lowest BCUT2D eigenvalue weighted by atomic mass is 9.98. The minimum atomic E-state index is -0.957. The molecule has 0 bridgehead atoms. The molecule has 29 heavy (non-hydrogen) atoms. The van der Waals surface area contributed by atoms with Gasteiger partial charge in [0.1, 0.15) is 5.76 Å². The lowest BCUT2D eigenvalue weighted by molar-refractivity contribution is -0.0349. The Morgan fingerprint density at radius 2 is 1.69 bits per heavy atom. The molecule has 0 aromatic heterocycles. The summed E-state index contributed by atoms with van der Waals surface area (Å²) in [5.41, 5.74) is 0.975. The molecule has 0 aromatic rings. The van der Waals surface area contributed by atoms with E-state index in [1.165, 1.54) is 14.0 Å². The number of rotatable bonds is 9. The summed E-state index contributed by atoms with van der Waals surface area (Å²) in [7, 11) is 1.32. The molecule has 0 N–H and O–H groups in total. The van der Waals surface area contributed by atoms with Crippen molar-refractivity contribution in [1.29, 1.82) is 0 Å². The highest BCUT2D eigenvalue weighted by molar-refractivity contribution is 5.40. The summed E-state index contributed by atoms with van der Waals surface area (Å²) in [5.74, 6) is -0.751. The molecule has 0 spiro atoms. The maximum atomic E-state index is 14.4. The van der Waals surface area contributed by atoms with Crippen molar-refractivity contribution in [3.05, 3.63) is 46.5 Å². The van der Waals surface area contributed by atoms with Gasteiger partial charge in [-0.1, -0.05) is 33.8 Å². The van der Waals surface area contributed by atoms with Crippen LogP contribution in [0.1, 0.15) is 74.1 Å². The molecule has 0 amide bonds. The third-order valence-electron chi connectivity index (χ3n) is 4.94. The summed E-state index contributed by atoms with van der Waals surface area (Å²) in [6, 6.07) is 0. The zero-order valence-corrected chi connectivity index (χ0v) is 19.5. The van der Waals surface area contributed by atoms with Gasteiger partial charge in [0.25, 0.3) is 0 Å². The van der Waals surface area contributed by atoms with Crippen LogP contribution in [-0.4, -0.2) is 26.4 Å². The molecular formula is C24H40F2O3. The van der Waals surface area contributed by atoms with Crippen LogP contribution in [0.2, 0.25) is 0 Å². The van der Waals surface area contributed by atoms with Crippen LogP contribution in [0.5, 0.6) is 0 Å². The number of hydrogen-bond acceptors (Lipinski definition) is 3. The van der Waals surface area contributed by atoms with Crippen LogP contribution in [0.4, 0.5) is 8.78 Å². The number of allylic oxidation sites excluding steroid dienone is 8. The third-order valence-corrected chi connectivity index (χ3v) is 4.94. The Kier molecular flexibility index (Phi) is 14.4. The summed E-state index contributed by atoms with van der Waals surface area (Å²) in [6.45, 7) is 14.3. The first-order chi connectivity index (χ1) is 13.8. The van der Waals surface area contributed by atoms with Gasteiger partial charge >= 0.3 is 0 Å². The molecule has 1 fully saturated rings. The van der Waals surface area contributed by atoms with E-state index in [9.17, 15) is 8.78 Å². The van der Waals surface area contributed by atoms with E-state index in [4.69, 9.17) is 14.2 Å². The molecular weight excluding hydrogens is 374 g/mol. The van der Waals surface area contributed by atoms with Crippen molar-refractivity contribution >= 4 is 0 Å². The van der Waals surface area contributed by atoms with E-state index < -0.39 is 11.7 Å². The minimum Gasteiger partial charge on any atom is -0.498 e. The molecule has 2 unspecified atom stereocenters. The molecule has 0 aromatic carbocycles. The Hall–Kier alpha value is -1.62. The SMILES string of the molecule is CC.CCC(=C(F)\C(F)=C(/C)OC)/C(C)=C/C=C(\C)OCC1CCC(CC)OC1. The van der Waals surface area contributed by atoms with E-state index >= 15 is 0 Å². The topological polar surface area (TPSA) is 27.7 Å². The van der Waals surface area contributed by atoms with Crippen LogP contribution in [-0.2, 0) is 14.2 Å². The molecule has 2 atom stereocenters. The van der Waals surface area contributed by atoms with E-state index in [2.05, 4.69) is 6.92 Å². The lowest BCUT2D eigenvalue weighted by Crippen LogP contribution is -2.27. The maximum absolute atomic E-state index is 14.4. The van der Waals surface area contributed by atoms with Gasteiger partial charge in [-0.3, -0.25) is 0 Å². The third kappa shape index (κ3) is 9.62. The van der Waals surface area contributed by atoms with Crippen molar-refractivity contribution in [2.75, 3.05) is 20.3 Å². The fraction of sp³-hybridized carbons (Fsp3) is 0.667. The smallest absolute Gasteiger partial charge is 0.196 e. The first-order valence-corrected chi connectivity index (χ1v) is 10.7. The highest BCUT2D eigenvalue weighted by Crippen LogP contribution is 2.28. The highest BCUT2D eigenvalue weighted by atomic mass is 19.2. The van der Waals surface area contributed by atoms with Gasteiger partial charge in [-0.2, -0.15) is 0 Å². The Labute approximate surface area is 176 Å². The number of ether oxygens (including phenoxy) is 3. The zero-order chi connectivity index (χ0) is 22.4. The first kappa shape index (κ1) is 27.4. The van der Waals surface area contributed by atoms with Crippen LogP contribution >= 0.6 is 0 Å². The molecule has 0 radical (unpaired) electrons. The average molecular weight is 415 g/mol. The molecule has 0 saturated carbocycles. The average Bonchev–Trinajstić information content (AvgIpc) is 2.77. The summed E-state index contributed by atoms with van der Waals surface area (Å²) in [5, 5.41) is 0. The molecule has 1 aliphatic rings. The van der Waals surface area contributed by atoms with Crippen LogP contribution < -0.4 is 0 Å². The Balaban J connectivity index is 0.00000379. The van der Waals surface area contributed by atoms with Crippen molar-refractivity contribution in [2.24, 2.45) is 5.92 Å². The van der Waals surface area contributed by atoms with Crippen molar-refractivity contribution in [1.82, 2.24) is 0 Å². The van der Waals surface area contributed by atoms with Gasteiger partial charge in [-0.15, -0.1) is 0 Å². The van der Waals surface area contributed by atoms with Gasteiger partial charge in [0.05, 0.1) is 32.2 Å². The lowest BCUT2D eigenvalue weighted by Gasteiger charge is -2.28. The predicted molar refractivity (Wildman–Crippen MR) is 117 cm³/mol. The fourth-order valence-electron chi connectivity index (χ4n) is 2.94. The van der Waals surface area contributed by atoms with Crippen LogP contribution in [0.25, 0.3) is 0 Å². The summed E-state index contributed by atoms with van der Waals surface area (Å²) < 4.78 is 44.8. The monoisotopic (exact) mass is 414 g/mol. The van der Waals surface area contributed by atoms with Crippen molar-refractivity contribution in [3.8, 4) is 0 Å². The quantitative estimate of drug-likeness (QED) is 0.288. The van der Waals surface area contributed by atoms with Crippen molar-refractivity contribution in [3.63, 3.8) is 0 Å². The highest BCUT2D eigenvalue weighted by Gasteiger charge is 2.20. The van der Waals surface area contributed by atoms with Crippen LogP contribution in [0.3, 0.4) is 0 Å². The Morgan fingerprint density at radius 3 is 2.17 bits per heavy atom. The molecule has 3 nitrogen and oxygen atoms in total. The molecule has 5 heteroatoms. The van der Waals surface area contributed by atoms with Gasteiger partial charge in [0, 0.05) is 5.92 Å². The van der Waals surface area contributed by atoms with E-state index in [-0.39, 0.29) is 5.76 Å². The zero-order valence-electron chi connectivity index (χ0n) is 19.5. The molecule has 168 valence electrons. The van der Waals surface area contributed by atoms with Gasteiger partial charge in [0.15, 0.2) is 11.7 Å². The Bertz CT molecular complexity index is 595. The fourth-order valence-corrected chi connectivity index (χ4v) is 2.94. The van der Waals surface area contributed by atoms with E-state index in [1.54, 1.807) is 26.0 Å². The summed E-state index contributed by atoms with van der Waals surface area (Å²) in [4.78, 5) is 0. The number of halogens is 2. The van der Waals surface area contributed by atoms with Gasteiger partial charge in [-0.05, 0) is 63.7 Å². The van der Waals surface area contributed by atoms with Gasteiger partial charge in [0.2, 0.25) is 0 Å². The molecule has 0 aliphatic carbocycles. The van der Waals surface area contributed by atoms with Crippen molar-refractivity contribution < 1.29 is 23.0 Å².